The van der Waals surface area contributed by atoms with E-state index in [-0.39, 0.29) is 5.69 Å². The zero-order chi connectivity index (χ0) is 18.7. The van der Waals surface area contributed by atoms with Crippen LogP contribution < -0.4 is 5.69 Å². The molecule has 6 nitrogen and oxygen atoms in total. The van der Waals surface area contributed by atoms with E-state index in [2.05, 4.69) is 22.2 Å². The summed E-state index contributed by atoms with van der Waals surface area (Å²) < 4.78 is 6.75. The van der Waals surface area contributed by atoms with Crippen LogP contribution in [0.25, 0.3) is 5.69 Å². The molecule has 2 aromatic carbocycles. The number of aromatic nitrogens is 3. The number of benzene rings is 2. The Morgan fingerprint density at radius 3 is 2.59 bits per heavy atom. The molecule has 3 aromatic rings. The maximum absolute atomic E-state index is 11.6. The number of aromatic amines is 1. The number of hydrogen-bond acceptors (Lipinski definition) is 5. The molecule has 7 heteroatoms. The Hall–Kier alpha value is -2.82. The lowest BCUT2D eigenvalue weighted by Crippen LogP contribution is -2.32. The monoisotopic (exact) mass is 378 g/mol. The first-order valence-corrected chi connectivity index (χ1v) is 9.52. The largest absolute Gasteiger partial charge is 0.381 e. The van der Waals surface area contributed by atoms with Crippen molar-refractivity contribution in [2.45, 2.75) is 28.0 Å². The van der Waals surface area contributed by atoms with Gasteiger partial charge in [0.1, 0.15) is 6.33 Å². The highest BCUT2D eigenvalue weighted by molar-refractivity contribution is 7.99. The zero-order valence-corrected chi connectivity index (χ0v) is 15.4. The molecule has 1 N–H and O–H groups in total. The van der Waals surface area contributed by atoms with Gasteiger partial charge in [-0.1, -0.05) is 23.9 Å². The molecule has 0 radical (unpaired) electrons. The quantitative estimate of drug-likeness (QED) is 0.753. The number of H-pyrrole nitrogens is 1. The maximum atomic E-state index is 11.6. The second-order valence-electron chi connectivity index (χ2n) is 6.44. The second-order valence-corrected chi connectivity index (χ2v) is 7.58. The third-order valence-electron chi connectivity index (χ3n) is 4.82. The fourth-order valence-corrected chi connectivity index (χ4v) is 4.15. The van der Waals surface area contributed by atoms with E-state index >= 15 is 0 Å². The van der Waals surface area contributed by atoms with Crippen LogP contribution in [0.15, 0.2) is 69.4 Å². The number of hydrogen-bond donors (Lipinski definition) is 1. The third-order valence-corrected chi connectivity index (χ3v) is 5.82. The molecule has 2 heterocycles. The number of nitrogens with zero attached hydrogens (tertiary/aromatic N) is 3. The highest BCUT2D eigenvalue weighted by Gasteiger charge is 2.34. The predicted molar refractivity (Wildman–Crippen MR) is 102 cm³/mol. The molecular weight excluding hydrogens is 360 g/mol. The van der Waals surface area contributed by atoms with Crippen LogP contribution in [-0.2, 0) is 10.2 Å². The summed E-state index contributed by atoms with van der Waals surface area (Å²) in [5.74, 6) is 0. The molecule has 0 bridgehead atoms. The molecule has 0 spiro atoms. The van der Waals surface area contributed by atoms with Crippen LogP contribution in [0.3, 0.4) is 0 Å². The van der Waals surface area contributed by atoms with E-state index in [0.29, 0.717) is 18.9 Å². The van der Waals surface area contributed by atoms with Crippen LogP contribution in [0, 0.1) is 11.3 Å². The number of nitrogens with one attached hydrogen (secondary N) is 1. The Bertz CT molecular complexity index is 1030. The van der Waals surface area contributed by atoms with Gasteiger partial charge in [-0.2, -0.15) is 15.0 Å². The summed E-state index contributed by atoms with van der Waals surface area (Å²) in [6.45, 7) is 1.25. The molecule has 0 atom stereocenters. The minimum absolute atomic E-state index is 0.263. The van der Waals surface area contributed by atoms with Gasteiger partial charge < -0.3 is 4.74 Å². The van der Waals surface area contributed by atoms with Crippen molar-refractivity contribution in [3.63, 3.8) is 0 Å². The lowest BCUT2D eigenvalue weighted by atomic mass is 9.75. The van der Waals surface area contributed by atoms with Crippen LogP contribution in [0.1, 0.15) is 18.4 Å². The summed E-state index contributed by atoms with van der Waals surface area (Å²) in [6.07, 6.45) is 2.83. The van der Waals surface area contributed by atoms with Gasteiger partial charge in [0, 0.05) is 23.0 Å². The standard InChI is InChI=1S/C20H18N4O2S/c21-13-20(8-10-26-11-9-20)15-2-1-3-18(12-15)27-17-6-4-16(5-7-17)24-19(25)22-14-23-24/h1-7,12,14H,8-11H2,(H,22,23,25). The number of ether oxygens (including phenoxy) is 1. The fourth-order valence-electron chi connectivity index (χ4n) is 3.27. The third kappa shape index (κ3) is 3.54. The average Bonchev–Trinajstić information content (AvgIpc) is 3.15. The molecular formula is C20H18N4O2S. The van der Waals surface area contributed by atoms with Crippen LogP contribution in [0.5, 0.6) is 0 Å². The van der Waals surface area contributed by atoms with Gasteiger partial charge >= 0.3 is 5.69 Å². The predicted octanol–water partition coefficient (Wildman–Crippen LogP) is 3.28. The summed E-state index contributed by atoms with van der Waals surface area (Å²) in [6, 6.07) is 18.4. The minimum Gasteiger partial charge on any atom is -0.381 e. The van der Waals surface area contributed by atoms with E-state index in [1.165, 1.54) is 11.0 Å². The van der Waals surface area contributed by atoms with Crippen molar-refractivity contribution >= 4 is 11.8 Å². The van der Waals surface area contributed by atoms with Gasteiger partial charge in [0.05, 0.1) is 17.2 Å². The fraction of sp³-hybridized carbons (Fsp3) is 0.250. The van der Waals surface area contributed by atoms with Crippen molar-refractivity contribution in [3.05, 3.63) is 70.9 Å². The van der Waals surface area contributed by atoms with E-state index in [4.69, 9.17) is 4.74 Å². The van der Waals surface area contributed by atoms with Gasteiger partial charge in [-0.15, -0.1) is 0 Å². The maximum Gasteiger partial charge on any atom is 0.347 e. The topological polar surface area (TPSA) is 83.7 Å². The van der Waals surface area contributed by atoms with E-state index in [1.54, 1.807) is 11.8 Å². The molecule has 1 aliphatic rings. The Balaban J connectivity index is 1.56. The van der Waals surface area contributed by atoms with Crippen molar-refractivity contribution in [1.82, 2.24) is 14.8 Å². The highest BCUT2D eigenvalue weighted by atomic mass is 32.2. The van der Waals surface area contributed by atoms with Gasteiger partial charge in [-0.3, -0.25) is 4.98 Å². The van der Waals surface area contributed by atoms with Crippen LogP contribution in [-0.4, -0.2) is 28.0 Å². The molecule has 0 amide bonds. The lowest BCUT2D eigenvalue weighted by Gasteiger charge is -2.31. The van der Waals surface area contributed by atoms with Crippen molar-refractivity contribution in [2.75, 3.05) is 13.2 Å². The zero-order valence-electron chi connectivity index (χ0n) is 14.6. The molecule has 27 heavy (non-hydrogen) atoms. The first-order valence-electron chi connectivity index (χ1n) is 8.71. The molecule has 136 valence electrons. The molecule has 0 aliphatic carbocycles. The minimum atomic E-state index is -0.459. The molecule has 0 saturated carbocycles. The normalized spacial score (nSPS) is 16.0. The van der Waals surface area contributed by atoms with E-state index in [0.717, 1.165) is 28.2 Å². The Morgan fingerprint density at radius 1 is 1.15 bits per heavy atom. The van der Waals surface area contributed by atoms with E-state index in [9.17, 15) is 10.1 Å². The van der Waals surface area contributed by atoms with Gasteiger partial charge in [0.15, 0.2) is 0 Å². The summed E-state index contributed by atoms with van der Waals surface area (Å²) in [5.41, 5.74) is 1.05. The first-order chi connectivity index (χ1) is 13.2. The van der Waals surface area contributed by atoms with Crippen molar-refractivity contribution in [2.24, 2.45) is 0 Å². The van der Waals surface area contributed by atoms with Gasteiger partial charge in [0.2, 0.25) is 0 Å². The van der Waals surface area contributed by atoms with Crippen molar-refractivity contribution < 1.29 is 4.74 Å². The molecule has 1 aromatic heterocycles. The average molecular weight is 378 g/mol. The molecule has 1 fully saturated rings. The van der Waals surface area contributed by atoms with Crippen molar-refractivity contribution in [3.8, 4) is 11.8 Å². The summed E-state index contributed by atoms with van der Waals surface area (Å²) >= 11 is 1.63. The Kier molecular flexibility index (Phi) is 4.84. The van der Waals surface area contributed by atoms with E-state index < -0.39 is 5.41 Å². The molecule has 1 saturated heterocycles. The highest BCUT2D eigenvalue weighted by Crippen LogP contribution is 2.37. The summed E-state index contributed by atoms with van der Waals surface area (Å²) in [4.78, 5) is 16.3. The molecule has 1 aliphatic heterocycles. The van der Waals surface area contributed by atoms with Crippen LogP contribution >= 0.6 is 11.8 Å². The van der Waals surface area contributed by atoms with Gasteiger partial charge in [-0.05, 0) is 54.8 Å². The molecule has 0 unspecified atom stereocenters. The molecule has 4 rings (SSSR count). The van der Waals surface area contributed by atoms with Crippen molar-refractivity contribution in [1.29, 1.82) is 5.26 Å². The SMILES string of the molecule is N#CC1(c2cccc(Sc3ccc(-n4nc[nH]c4=O)cc3)c2)CCOCC1. The second kappa shape index (κ2) is 7.43. The van der Waals surface area contributed by atoms with Gasteiger partial charge in [-0.25, -0.2) is 4.79 Å². The summed E-state index contributed by atoms with van der Waals surface area (Å²) in [5, 5.41) is 13.8. The van der Waals surface area contributed by atoms with Gasteiger partial charge in [0.25, 0.3) is 0 Å². The van der Waals surface area contributed by atoms with Crippen LogP contribution in [0.4, 0.5) is 0 Å². The van der Waals surface area contributed by atoms with Crippen LogP contribution in [0.2, 0.25) is 0 Å². The Labute approximate surface area is 160 Å². The smallest absolute Gasteiger partial charge is 0.347 e. The Morgan fingerprint density at radius 2 is 1.93 bits per heavy atom. The number of nitriles is 1. The van der Waals surface area contributed by atoms with E-state index in [1.807, 2.05) is 42.5 Å². The lowest BCUT2D eigenvalue weighted by molar-refractivity contribution is 0.0675. The summed E-state index contributed by atoms with van der Waals surface area (Å²) in [7, 11) is 0. The first kappa shape index (κ1) is 17.6. The number of rotatable bonds is 4.